The fourth-order valence-electron chi connectivity index (χ4n) is 2.39. The lowest BCUT2D eigenvalue weighted by Gasteiger charge is -2.39. The molecule has 1 N–H and O–H groups in total. The van der Waals surface area contributed by atoms with Crippen molar-refractivity contribution in [3.05, 3.63) is 0 Å². The standard InChI is InChI=1S/C13H26N2O2/c1-10(2)9-14-5-7-15(8-6-14)12(4)11(3)13(16)17/h10-12H,5-9H2,1-4H3,(H,16,17). The molecule has 0 radical (unpaired) electrons. The Labute approximate surface area is 105 Å². The molecule has 1 heterocycles. The summed E-state index contributed by atoms with van der Waals surface area (Å²) in [4.78, 5) is 15.7. The Kier molecular flexibility index (Phi) is 5.40. The summed E-state index contributed by atoms with van der Waals surface area (Å²) in [6, 6.07) is 0.133. The van der Waals surface area contributed by atoms with Gasteiger partial charge in [-0.2, -0.15) is 0 Å². The van der Waals surface area contributed by atoms with Gasteiger partial charge in [0, 0.05) is 38.8 Å². The van der Waals surface area contributed by atoms with Crippen LogP contribution in [0, 0.1) is 11.8 Å². The van der Waals surface area contributed by atoms with E-state index < -0.39 is 5.97 Å². The zero-order valence-electron chi connectivity index (χ0n) is 11.5. The van der Waals surface area contributed by atoms with Crippen molar-refractivity contribution in [2.45, 2.75) is 33.7 Å². The molecule has 0 aromatic rings. The van der Waals surface area contributed by atoms with Crippen LogP contribution in [-0.4, -0.2) is 59.6 Å². The fraction of sp³-hybridized carbons (Fsp3) is 0.923. The number of carboxylic acid groups (broad SMARTS) is 1. The normalized spacial score (nSPS) is 22.6. The minimum atomic E-state index is -0.692. The lowest BCUT2D eigenvalue weighted by atomic mass is 10.0. The first-order valence-corrected chi connectivity index (χ1v) is 6.61. The highest BCUT2D eigenvalue weighted by atomic mass is 16.4. The van der Waals surface area contributed by atoms with Crippen LogP contribution in [0.1, 0.15) is 27.7 Å². The highest BCUT2D eigenvalue weighted by Crippen LogP contribution is 2.14. The predicted molar refractivity (Wildman–Crippen MR) is 69.1 cm³/mol. The maximum Gasteiger partial charge on any atom is 0.307 e. The maximum absolute atomic E-state index is 11.0. The Bertz CT molecular complexity index is 248. The minimum Gasteiger partial charge on any atom is -0.481 e. The van der Waals surface area contributed by atoms with Gasteiger partial charge in [0.1, 0.15) is 0 Å². The van der Waals surface area contributed by atoms with E-state index in [1.807, 2.05) is 6.92 Å². The molecule has 1 rings (SSSR count). The summed E-state index contributed by atoms with van der Waals surface area (Å²) in [6.45, 7) is 13.6. The van der Waals surface area contributed by atoms with E-state index in [0.717, 1.165) is 32.7 Å². The van der Waals surface area contributed by atoms with Crippen molar-refractivity contribution < 1.29 is 9.90 Å². The van der Waals surface area contributed by atoms with Crippen LogP contribution in [0.25, 0.3) is 0 Å². The smallest absolute Gasteiger partial charge is 0.307 e. The largest absolute Gasteiger partial charge is 0.481 e. The number of carboxylic acids is 1. The summed E-state index contributed by atoms with van der Waals surface area (Å²) in [5.41, 5.74) is 0. The summed E-state index contributed by atoms with van der Waals surface area (Å²) in [5, 5.41) is 9.02. The lowest BCUT2D eigenvalue weighted by molar-refractivity contribution is -0.143. The highest BCUT2D eigenvalue weighted by Gasteiger charge is 2.27. The summed E-state index contributed by atoms with van der Waals surface area (Å²) in [6.07, 6.45) is 0. The van der Waals surface area contributed by atoms with Crippen LogP contribution in [0.5, 0.6) is 0 Å². The third kappa shape index (κ3) is 4.28. The number of carbonyl (C=O) groups is 1. The Balaban J connectivity index is 2.38. The third-order valence-corrected chi connectivity index (χ3v) is 3.72. The van der Waals surface area contributed by atoms with Crippen LogP contribution in [0.4, 0.5) is 0 Å². The average molecular weight is 242 g/mol. The van der Waals surface area contributed by atoms with E-state index >= 15 is 0 Å². The zero-order chi connectivity index (χ0) is 13.0. The molecular formula is C13H26N2O2. The monoisotopic (exact) mass is 242 g/mol. The zero-order valence-corrected chi connectivity index (χ0v) is 11.5. The van der Waals surface area contributed by atoms with E-state index in [1.54, 1.807) is 6.92 Å². The molecule has 1 saturated heterocycles. The molecule has 0 aliphatic carbocycles. The van der Waals surface area contributed by atoms with E-state index in [0.29, 0.717) is 5.92 Å². The average Bonchev–Trinajstić information content (AvgIpc) is 2.27. The van der Waals surface area contributed by atoms with Gasteiger partial charge in [-0.25, -0.2) is 0 Å². The fourth-order valence-corrected chi connectivity index (χ4v) is 2.39. The van der Waals surface area contributed by atoms with Crippen LogP contribution < -0.4 is 0 Å². The molecule has 4 nitrogen and oxygen atoms in total. The molecule has 100 valence electrons. The first kappa shape index (κ1) is 14.5. The second kappa shape index (κ2) is 6.36. The highest BCUT2D eigenvalue weighted by molar-refractivity contribution is 5.70. The van der Waals surface area contributed by atoms with Gasteiger partial charge in [0.2, 0.25) is 0 Å². The molecular weight excluding hydrogens is 216 g/mol. The summed E-state index contributed by atoms with van der Waals surface area (Å²) < 4.78 is 0. The Morgan fingerprint density at radius 3 is 2.06 bits per heavy atom. The molecule has 0 amide bonds. The van der Waals surface area contributed by atoms with Gasteiger partial charge in [0.25, 0.3) is 0 Å². The molecule has 1 aliphatic rings. The second-order valence-corrected chi connectivity index (χ2v) is 5.60. The van der Waals surface area contributed by atoms with E-state index in [9.17, 15) is 4.79 Å². The van der Waals surface area contributed by atoms with Crippen molar-refractivity contribution in [1.29, 1.82) is 0 Å². The first-order valence-electron chi connectivity index (χ1n) is 6.61. The minimum absolute atomic E-state index is 0.133. The summed E-state index contributed by atoms with van der Waals surface area (Å²) in [5.74, 6) is -0.273. The van der Waals surface area contributed by atoms with E-state index in [2.05, 4.69) is 23.6 Å². The molecule has 0 aromatic heterocycles. The SMILES string of the molecule is CC(C)CN1CCN(C(C)C(C)C(=O)O)CC1. The van der Waals surface area contributed by atoms with Gasteiger partial charge in [-0.3, -0.25) is 9.69 Å². The molecule has 0 bridgehead atoms. The van der Waals surface area contributed by atoms with Gasteiger partial charge < -0.3 is 10.0 Å². The van der Waals surface area contributed by atoms with Gasteiger partial charge in [-0.15, -0.1) is 0 Å². The third-order valence-electron chi connectivity index (χ3n) is 3.72. The number of hydrogen-bond acceptors (Lipinski definition) is 3. The molecule has 4 heteroatoms. The second-order valence-electron chi connectivity index (χ2n) is 5.60. The number of nitrogens with zero attached hydrogens (tertiary/aromatic N) is 2. The molecule has 2 unspecified atom stereocenters. The molecule has 2 atom stereocenters. The van der Waals surface area contributed by atoms with Crippen LogP contribution in [0.3, 0.4) is 0 Å². The van der Waals surface area contributed by atoms with Gasteiger partial charge in [-0.05, 0) is 12.8 Å². The Morgan fingerprint density at radius 1 is 1.12 bits per heavy atom. The first-order chi connectivity index (χ1) is 7.91. The van der Waals surface area contributed by atoms with Gasteiger partial charge in [0.15, 0.2) is 0 Å². The number of rotatable bonds is 5. The summed E-state index contributed by atoms with van der Waals surface area (Å²) >= 11 is 0. The van der Waals surface area contributed by atoms with Crippen molar-refractivity contribution in [1.82, 2.24) is 9.80 Å². The van der Waals surface area contributed by atoms with E-state index in [1.165, 1.54) is 0 Å². The number of hydrogen-bond donors (Lipinski definition) is 1. The van der Waals surface area contributed by atoms with Gasteiger partial charge >= 0.3 is 5.97 Å². The quantitative estimate of drug-likeness (QED) is 0.791. The maximum atomic E-state index is 11.0. The lowest BCUT2D eigenvalue weighted by Crippen LogP contribution is -2.52. The molecule has 1 fully saturated rings. The van der Waals surface area contributed by atoms with Crippen molar-refractivity contribution in [2.24, 2.45) is 11.8 Å². The Morgan fingerprint density at radius 2 is 1.65 bits per heavy atom. The van der Waals surface area contributed by atoms with Crippen LogP contribution in [0.15, 0.2) is 0 Å². The molecule has 1 aliphatic heterocycles. The molecule has 0 spiro atoms. The van der Waals surface area contributed by atoms with Gasteiger partial charge in [-0.1, -0.05) is 20.8 Å². The van der Waals surface area contributed by atoms with Crippen molar-refractivity contribution in [2.75, 3.05) is 32.7 Å². The van der Waals surface area contributed by atoms with Crippen LogP contribution >= 0.6 is 0 Å². The van der Waals surface area contributed by atoms with Gasteiger partial charge in [0.05, 0.1) is 5.92 Å². The Hall–Kier alpha value is -0.610. The van der Waals surface area contributed by atoms with E-state index in [4.69, 9.17) is 5.11 Å². The van der Waals surface area contributed by atoms with E-state index in [-0.39, 0.29) is 12.0 Å². The van der Waals surface area contributed by atoms with Crippen LogP contribution in [-0.2, 0) is 4.79 Å². The van der Waals surface area contributed by atoms with Crippen molar-refractivity contribution >= 4 is 5.97 Å². The summed E-state index contributed by atoms with van der Waals surface area (Å²) in [7, 11) is 0. The van der Waals surface area contributed by atoms with Crippen molar-refractivity contribution in [3.63, 3.8) is 0 Å². The topological polar surface area (TPSA) is 43.8 Å². The number of aliphatic carboxylic acids is 1. The predicted octanol–water partition coefficient (Wildman–Crippen LogP) is 1.37. The van der Waals surface area contributed by atoms with Crippen LogP contribution in [0.2, 0.25) is 0 Å². The number of piperazine rings is 1. The molecule has 0 saturated carbocycles. The molecule has 0 aromatic carbocycles. The van der Waals surface area contributed by atoms with Crippen molar-refractivity contribution in [3.8, 4) is 0 Å². The molecule has 17 heavy (non-hydrogen) atoms.